The van der Waals surface area contributed by atoms with Crippen LogP contribution in [0.2, 0.25) is 0 Å². The molecule has 0 aromatic carbocycles. The molecule has 2 nitrogen and oxygen atoms in total. The van der Waals surface area contributed by atoms with Crippen molar-refractivity contribution in [2.45, 2.75) is 33.2 Å². The lowest BCUT2D eigenvalue weighted by atomic mass is 10.1. The van der Waals surface area contributed by atoms with Gasteiger partial charge in [0.25, 0.3) is 0 Å². The zero-order chi connectivity index (χ0) is 9.68. The largest absolute Gasteiger partial charge is 0.315 e. The molecule has 1 atom stereocenters. The molecule has 0 fully saturated rings. The van der Waals surface area contributed by atoms with Crippen LogP contribution < -0.4 is 5.32 Å². The van der Waals surface area contributed by atoms with Crippen LogP contribution in [0.3, 0.4) is 0 Å². The van der Waals surface area contributed by atoms with E-state index >= 15 is 0 Å². The van der Waals surface area contributed by atoms with Crippen molar-refractivity contribution in [1.82, 2.24) is 10.2 Å². The summed E-state index contributed by atoms with van der Waals surface area (Å²) in [6.45, 7) is 11.3. The average molecular weight is 182 g/mol. The first kappa shape index (κ1) is 10.7. The molecule has 0 saturated carbocycles. The van der Waals surface area contributed by atoms with Crippen molar-refractivity contribution in [3.8, 4) is 0 Å². The second-order valence-corrected chi connectivity index (χ2v) is 3.97. The van der Waals surface area contributed by atoms with Gasteiger partial charge in [-0.15, -0.1) is 0 Å². The summed E-state index contributed by atoms with van der Waals surface area (Å²) in [4.78, 5) is 2.55. The van der Waals surface area contributed by atoms with Gasteiger partial charge >= 0.3 is 0 Å². The van der Waals surface area contributed by atoms with Crippen molar-refractivity contribution in [1.29, 1.82) is 0 Å². The SMILES string of the molecule is CCNCC(C)N1CCC=C(C)C1. The predicted molar refractivity (Wildman–Crippen MR) is 58.0 cm³/mol. The summed E-state index contributed by atoms with van der Waals surface area (Å²) in [5.41, 5.74) is 1.52. The van der Waals surface area contributed by atoms with Crippen LogP contribution in [0.15, 0.2) is 11.6 Å². The fraction of sp³-hybridized carbons (Fsp3) is 0.818. The third-order valence-electron chi connectivity index (χ3n) is 2.67. The summed E-state index contributed by atoms with van der Waals surface area (Å²) in [6.07, 6.45) is 3.58. The van der Waals surface area contributed by atoms with Crippen molar-refractivity contribution in [2.75, 3.05) is 26.2 Å². The molecule has 13 heavy (non-hydrogen) atoms. The lowest BCUT2D eigenvalue weighted by Gasteiger charge is -2.31. The summed E-state index contributed by atoms with van der Waals surface area (Å²) in [5, 5.41) is 3.40. The highest BCUT2D eigenvalue weighted by Gasteiger charge is 2.15. The first-order chi connectivity index (χ1) is 6.24. The topological polar surface area (TPSA) is 15.3 Å². The second kappa shape index (κ2) is 5.40. The van der Waals surface area contributed by atoms with Gasteiger partial charge in [-0.3, -0.25) is 4.90 Å². The number of hydrogen-bond donors (Lipinski definition) is 1. The molecule has 1 unspecified atom stereocenters. The minimum atomic E-state index is 0.670. The normalized spacial score (nSPS) is 21.3. The van der Waals surface area contributed by atoms with E-state index in [0.29, 0.717) is 6.04 Å². The molecule has 0 bridgehead atoms. The average Bonchev–Trinajstić information content (AvgIpc) is 2.14. The van der Waals surface area contributed by atoms with E-state index in [4.69, 9.17) is 0 Å². The van der Waals surface area contributed by atoms with Crippen molar-refractivity contribution in [3.05, 3.63) is 11.6 Å². The number of nitrogens with one attached hydrogen (secondary N) is 1. The highest BCUT2D eigenvalue weighted by atomic mass is 15.2. The molecule has 0 saturated heterocycles. The minimum absolute atomic E-state index is 0.670. The monoisotopic (exact) mass is 182 g/mol. The Kier molecular flexibility index (Phi) is 4.46. The predicted octanol–water partition coefficient (Wildman–Crippen LogP) is 1.64. The third-order valence-corrected chi connectivity index (χ3v) is 2.67. The van der Waals surface area contributed by atoms with E-state index in [1.165, 1.54) is 18.5 Å². The Balaban J connectivity index is 2.30. The summed E-state index contributed by atoms with van der Waals surface area (Å²) in [5.74, 6) is 0. The van der Waals surface area contributed by atoms with E-state index in [0.717, 1.165) is 19.6 Å². The third kappa shape index (κ3) is 3.49. The Morgan fingerprint density at radius 2 is 2.38 bits per heavy atom. The fourth-order valence-corrected chi connectivity index (χ4v) is 1.80. The van der Waals surface area contributed by atoms with Crippen LogP contribution in [-0.4, -0.2) is 37.1 Å². The highest BCUT2D eigenvalue weighted by molar-refractivity contribution is 5.05. The van der Waals surface area contributed by atoms with Crippen molar-refractivity contribution in [2.24, 2.45) is 0 Å². The Bertz CT molecular complexity index is 175. The molecule has 0 aliphatic carbocycles. The maximum absolute atomic E-state index is 3.40. The lowest BCUT2D eigenvalue weighted by molar-refractivity contribution is 0.217. The first-order valence-electron chi connectivity index (χ1n) is 5.34. The number of rotatable bonds is 4. The lowest BCUT2D eigenvalue weighted by Crippen LogP contribution is -2.42. The van der Waals surface area contributed by atoms with Gasteiger partial charge in [0, 0.05) is 25.7 Å². The zero-order valence-corrected chi connectivity index (χ0v) is 9.14. The molecule has 76 valence electrons. The molecule has 0 aromatic rings. The number of nitrogens with zero attached hydrogens (tertiary/aromatic N) is 1. The standard InChI is InChI=1S/C11H22N2/c1-4-12-8-11(3)13-7-5-6-10(2)9-13/h6,11-12H,4-5,7-9H2,1-3H3. The minimum Gasteiger partial charge on any atom is -0.315 e. The molecule has 0 spiro atoms. The smallest absolute Gasteiger partial charge is 0.0195 e. The van der Waals surface area contributed by atoms with Gasteiger partial charge < -0.3 is 5.32 Å². The quantitative estimate of drug-likeness (QED) is 0.665. The summed E-state index contributed by atoms with van der Waals surface area (Å²) < 4.78 is 0. The van der Waals surface area contributed by atoms with Gasteiger partial charge in [-0.05, 0) is 26.8 Å². The van der Waals surface area contributed by atoms with Crippen LogP contribution in [0.4, 0.5) is 0 Å². The zero-order valence-electron chi connectivity index (χ0n) is 9.14. The first-order valence-corrected chi connectivity index (χ1v) is 5.34. The molecule has 0 aromatic heterocycles. The second-order valence-electron chi connectivity index (χ2n) is 3.97. The molecule has 1 N–H and O–H groups in total. The summed E-state index contributed by atoms with van der Waals surface area (Å²) in [6, 6.07) is 0.670. The van der Waals surface area contributed by atoms with Gasteiger partial charge in [0.15, 0.2) is 0 Å². The Labute approximate surface area is 82.0 Å². The molecule has 1 aliphatic rings. The van der Waals surface area contributed by atoms with E-state index in [1.54, 1.807) is 0 Å². The number of likely N-dealkylation sites (N-methyl/N-ethyl adjacent to an activating group) is 1. The van der Waals surface area contributed by atoms with Crippen LogP contribution in [0.5, 0.6) is 0 Å². The van der Waals surface area contributed by atoms with Crippen molar-refractivity contribution < 1.29 is 0 Å². The maximum Gasteiger partial charge on any atom is 0.0195 e. The van der Waals surface area contributed by atoms with Crippen LogP contribution in [0.25, 0.3) is 0 Å². The van der Waals surface area contributed by atoms with Crippen LogP contribution >= 0.6 is 0 Å². The van der Waals surface area contributed by atoms with E-state index in [1.807, 2.05) is 0 Å². The van der Waals surface area contributed by atoms with Crippen LogP contribution in [-0.2, 0) is 0 Å². The van der Waals surface area contributed by atoms with Crippen LogP contribution in [0, 0.1) is 0 Å². The summed E-state index contributed by atoms with van der Waals surface area (Å²) in [7, 11) is 0. The molecular weight excluding hydrogens is 160 g/mol. The van der Waals surface area contributed by atoms with Gasteiger partial charge in [-0.25, -0.2) is 0 Å². The molecule has 1 heterocycles. The van der Waals surface area contributed by atoms with E-state index in [9.17, 15) is 0 Å². The maximum atomic E-state index is 3.40. The molecule has 0 radical (unpaired) electrons. The molecular formula is C11H22N2. The highest BCUT2D eigenvalue weighted by Crippen LogP contribution is 2.11. The van der Waals surface area contributed by atoms with Gasteiger partial charge in [0.2, 0.25) is 0 Å². The Morgan fingerprint density at radius 3 is 3.00 bits per heavy atom. The number of hydrogen-bond acceptors (Lipinski definition) is 2. The Hall–Kier alpha value is -0.340. The van der Waals surface area contributed by atoms with Gasteiger partial charge in [-0.2, -0.15) is 0 Å². The van der Waals surface area contributed by atoms with Gasteiger partial charge in [-0.1, -0.05) is 18.6 Å². The van der Waals surface area contributed by atoms with E-state index in [-0.39, 0.29) is 0 Å². The van der Waals surface area contributed by atoms with E-state index in [2.05, 4.69) is 37.1 Å². The van der Waals surface area contributed by atoms with Gasteiger partial charge in [0.1, 0.15) is 0 Å². The van der Waals surface area contributed by atoms with Crippen LogP contribution in [0.1, 0.15) is 27.2 Å². The Morgan fingerprint density at radius 1 is 1.62 bits per heavy atom. The van der Waals surface area contributed by atoms with Gasteiger partial charge in [0.05, 0.1) is 0 Å². The molecule has 2 heteroatoms. The molecule has 0 amide bonds. The molecule has 1 rings (SSSR count). The molecule has 1 aliphatic heterocycles. The van der Waals surface area contributed by atoms with Crippen molar-refractivity contribution in [3.63, 3.8) is 0 Å². The summed E-state index contributed by atoms with van der Waals surface area (Å²) >= 11 is 0. The van der Waals surface area contributed by atoms with Crippen molar-refractivity contribution >= 4 is 0 Å². The van der Waals surface area contributed by atoms with E-state index < -0.39 is 0 Å². The fourth-order valence-electron chi connectivity index (χ4n) is 1.80.